The normalized spacial score (nSPS) is 15.8. The first-order chi connectivity index (χ1) is 9.74. The first kappa shape index (κ1) is 13.1. The standard InChI is InChI=1S/C15H20N4O/c1-18(8-9-19-6-2-3-7-19)15(20)12-4-5-13-14(10-12)17-11-16-13/h4-5,10-11H,2-3,6-9H2,1H3,(H,16,17). The number of amides is 1. The minimum atomic E-state index is 0.0701. The number of benzene rings is 1. The number of nitrogens with zero attached hydrogens (tertiary/aromatic N) is 3. The molecule has 0 aliphatic carbocycles. The predicted molar refractivity (Wildman–Crippen MR) is 78.7 cm³/mol. The molecule has 0 bridgehead atoms. The van der Waals surface area contributed by atoms with E-state index in [1.807, 2.05) is 25.2 Å². The number of imidazole rings is 1. The minimum Gasteiger partial charge on any atom is -0.345 e. The van der Waals surface area contributed by atoms with Crippen molar-refractivity contribution in [3.8, 4) is 0 Å². The second-order valence-corrected chi connectivity index (χ2v) is 5.41. The Hall–Kier alpha value is -1.88. The van der Waals surface area contributed by atoms with Gasteiger partial charge in [-0.15, -0.1) is 0 Å². The highest BCUT2D eigenvalue weighted by atomic mass is 16.2. The number of nitrogens with one attached hydrogen (secondary N) is 1. The summed E-state index contributed by atoms with van der Waals surface area (Å²) in [5.41, 5.74) is 2.51. The molecule has 5 heteroatoms. The number of hydrogen-bond acceptors (Lipinski definition) is 3. The van der Waals surface area contributed by atoms with Crippen molar-refractivity contribution in [1.82, 2.24) is 19.8 Å². The molecule has 20 heavy (non-hydrogen) atoms. The van der Waals surface area contributed by atoms with Crippen molar-refractivity contribution in [1.29, 1.82) is 0 Å². The summed E-state index contributed by atoms with van der Waals surface area (Å²) in [6.45, 7) is 4.08. The summed E-state index contributed by atoms with van der Waals surface area (Å²) < 4.78 is 0. The molecule has 0 unspecified atom stereocenters. The van der Waals surface area contributed by atoms with Crippen molar-refractivity contribution >= 4 is 16.9 Å². The van der Waals surface area contributed by atoms with E-state index in [-0.39, 0.29) is 5.91 Å². The predicted octanol–water partition coefficient (Wildman–Crippen LogP) is 1.73. The van der Waals surface area contributed by atoms with Crippen molar-refractivity contribution in [2.45, 2.75) is 12.8 Å². The molecule has 1 saturated heterocycles. The highest BCUT2D eigenvalue weighted by Gasteiger charge is 2.16. The molecule has 1 fully saturated rings. The first-order valence-electron chi connectivity index (χ1n) is 7.15. The SMILES string of the molecule is CN(CCN1CCCC1)C(=O)c1ccc2nc[nH]c2c1. The Kier molecular flexibility index (Phi) is 3.69. The van der Waals surface area contributed by atoms with Crippen LogP contribution in [0.1, 0.15) is 23.2 Å². The zero-order valence-corrected chi connectivity index (χ0v) is 11.8. The lowest BCUT2D eigenvalue weighted by Crippen LogP contribution is -2.35. The van der Waals surface area contributed by atoms with Gasteiger partial charge >= 0.3 is 0 Å². The van der Waals surface area contributed by atoms with E-state index in [2.05, 4.69) is 14.9 Å². The molecule has 2 heterocycles. The summed E-state index contributed by atoms with van der Waals surface area (Å²) in [6.07, 6.45) is 4.22. The van der Waals surface area contributed by atoms with E-state index in [1.165, 1.54) is 25.9 Å². The summed E-state index contributed by atoms with van der Waals surface area (Å²) in [6, 6.07) is 5.60. The summed E-state index contributed by atoms with van der Waals surface area (Å²) in [4.78, 5) is 23.8. The maximum absolute atomic E-state index is 12.4. The van der Waals surface area contributed by atoms with Gasteiger partial charge in [-0.05, 0) is 44.1 Å². The molecular weight excluding hydrogens is 252 g/mol. The lowest BCUT2D eigenvalue weighted by molar-refractivity contribution is 0.0782. The van der Waals surface area contributed by atoms with Crippen LogP contribution in [0.15, 0.2) is 24.5 Å². The van der Waals surface area contributed by atoms with Gasteiger partial charge in [0.2, 0.25) is 0 Å². The van der Waals surface area contributed by atoms with Gasteiger partial charge in [0.25, 0.3) is 5.91 Å². The molecule has 2 aromatic rings. The molecule has 106 valence electrons. The topological polar surface area (TPSA) is 52.2 Å². The van der Waals surface area contributed by atoms with Gasteiger partial charge in [0, 0.05) is 25.7 Å². The number of aromatic nitrogens is 2. The highest BCUT2D eigenvalue weighted by Crippen LogP contribution is 2.13. The Morgan fingerprint density at radius 1 is 1.40 bits per heavy atom. The molecule has 1 aliphatic heterocycles. The molecule has 1 N–H and O–H groups in total. The average molecular weight is 272 g/mol. The second-order valence-electron chi connectivity index (χ2n) is 5.41. The van der Waals surface area contributed by atoms with Crippen molar-refractivity contribution in [3.05, 3.63) is 30.1 Å². The third-order valence-electron chi connectivity index (χ3n) is 3.96. The summed E-state index contributed by atoms with van der Waals surface area (Å²) >= 11 is 0. The zero-order valence-electron chi connectivity index (χ0n) is 11.8. The van der Waals surface area contributed by atoms with Crippen LogP contribution in [-0.2, 0) is 0 Å². The van der Waals surface area contributed by atoms with Crippen molar-refractivity contribution in [3.63, 3.8) is 0 Å². The maximum atomic E-state index is 12.4. The van der Waals surface area contributed by atoms with Crippen LogP contribution in [0.5, 0.6) is 0 Å². The van der Waals surface area contributed by atoms with Gasteiger partial charge in [-0.1, -0.05) is 0 Å². The number of likely N-dealkylation sites (tertiary alicyclic amines) is 1. The Balaban J connectivity index is 1.64. The Morgan fingerprint density at radius 2 is 2.20 bits per heavy atom. The van der Waals surface area contributed by atoms with Gasteiger partial charge < -0.3 is 14.8 Å². The van der Waals surface area contributed by atoms with E-state index < -0.39 is 0 Å². The number of rotatable bonds is 4. The zero-order chi connectivity index (χ0) is 13.9. The monoisotopic (exact) mass is 272 g/mol. The van der Waals surface area contributed by atoms with E-state index in [9.17, 15) is 4.79 Å². The van der Waals surface area contributed by atoms with E-state index in [1.54, 1.807) is 11.2 Å². The van der Waals surface area contributed by atoms with Gasteiger partial charge in [-0.2, -0.15) is 0 Å². The molecular formula is C15H20N4O. The van der Waals surface area contributed by atoms with Crippen LogP contribution < -0.4 is 0 Å². The lowest BCUT2D eigenvalue weighted by atomic mass is 10.2. The van der Waals surface area contributed by atoms with Crippen molar-refractivity contribution < 1.29 is 4.79 Å². The molecule has 0 atom stereocenters. The van der Waals surface area contributed by atoms with E-state index in [0.29, 0.717) is 5.56 Å². The van der Waals surface area contributed by atoms with Crippen molar-refractivity contribution in [2.75, 3.05) is 33.2 Å². The molecule has 1 aliphatic rings. The summed E-state index contributed by atoms with van der Waals surface area (Å²) in [5, 5.41) is 0. The number of carbonyl (C=O) groups excluding carboxylic acids is 1. The van der Waals surface area contributed by atoms with Crippen LogP contribution in [0, 0.1) is 0 Å². The highest BCUT2D eigenvalue weighted by molar-refractivity contribution is 5.97. The molecule has 1 aromatic carbocycles. The van der Waals surface area contributed by atoms with Crippen LogP contribution in [-0.4, -0.2) is 58.9 Å². The molecule has 3 rings (SSSR count). The number of fused-ring (bicyclic) bond motifs is 1. The van der Waals surface area contributed by atoms with Gasteiger partial charge in [0.15, 0.2) is 0 Å². The summed E-state index contributed by atoms with van der Waals surface area (Å²) in [5.74, 6) is 0.0701. The van der Waals surface area contributed by atoms with Gasteiger partial charge in [-0.3, -0.25) is 4.79 Å². The number of likely N-dealkylation sites (N-methyl/N-ethyl adjacent to an activating group) is 1. The van der Waals surface area contributed by atoms with Gasteiger partial charge in [0.1, 0.15) is 0 Å². The molecule has 0 radical (unpaired) electrons. The van der Waals surface area contributed by atoms with E-state index in [0.717, 1.165) is 24.1 Å². The third kappa shape index (κ3) is 2.67. The molecule has 0 spiro atoms. The smallest absolute Gasteiger partial charge is 0.253 e. The van der Waals surface area contributed by atoms with Crippen molar-refractivity contribution in [2.24, 2.45) is 0 Å². The second kappa shape index (κ2) is 5.63. The fraction of sp³-hybridized carbons (Fsp3) is 0.467. The Morgan fingerprint density at radius 3 is 3.00 bits per heavy atom. The molecule has 0 saturated carbocycles. The van der Waals surface area contributed by atoms with Crippen LogP contribution in [0.2, 0.25) is 0 Å². The molecule has 5 nitrogen and oxygen atoms in total. The lowest BCUT2D eigenvalue weighted by Gasteiger charge is -2.21. The molecule has 1 aromatic heterocycles. The van der Waals surface area contributed by atoms with Crippen LogP contribution >= 0.6 is 0 Å². The number of aromatic amines is 1. The average Bonchev–Trinajstić information content (AvgIpc) is 3.13. The summed E-state index contributed by atoms with van der Waals surface area (Å²) in [7, 11) is 1.87. The molecule has 1 amide bonds. The Labute approximate surface area is 118 Å². The van der Waals surface area contributed by atoms with Gasteiger partial charge in [-0.25, -0.2) is 4.98 Å². The number of hydrogen-bond donors (Lipinski definition) is 1. The van der Waals surface area contributed by atoms with Gasteiger partial charge in [0.05, 0.1) is 17.4 Å². The van der Waals surface area contributed by atoms with E-state index in [4.69, 9.17) is 0 Å². The number of carbonyl (C=O) groups is 1. The van der Waals surface area contributed by atoms with Crippen LogP contribution in [0.4, 0.5) is 0 Å². The quantitative estimate of drug-likeness (QED) is 0.922. The van der Waals surface area contributed by atoms with E-state index >= 15 is 0 Å². The van der Waals surface area contributed by atoms with Crippen LogP contribution in [0.3, 0.4) is 0 Å². The first-order valence-corrected chi connectivity index (χ1v) is 7.15. The maximum Gasteiger partial charge on any atom is 0.253 e. The largest absolute Gasteiger partial charge is 0.345 e. The fourth-order valence-corrected chi connectivity index (χ4v) is 2.69. The minimum absolute atomic E-state index is 0.0701. The number of H-pyrrole nitrogens is 1. The Bertz CT molecular complexity index is 601. The fourth-order valence-electron chi connectivity index (χ4n) is 2.69. The third-order valence-corrected chi connectivity index (χ3v) is 3.96. The van der Waals surface area contributed by atoms with Crippen LogP contribution in [0.25, 0.3) is 11.0 Å².